The largest absolute Gasteiger partial charge is 0.494 e. The average Bonchev–Trinajstić information content (AvgIpc) is 3.11. The van der Waals surface area contributed by atoms with Gasteiger partial charge in [0.25, 0.3) is 0 Å². The highest BCUT2D eigenvalue weighted by Crippen LogP contribution is 2.24. The van der Waals surface area contributed by atoms with Crippen molar-refractivity contribution in [3.63, 3.8) is 0 Å². The van der Waals surface area contributed by atoms with E-state index in [1.807, 2.05) is 72.8 Å². The number of aryl methyl sites for hydroxylation is 2. The number of nitrogens with zero attached hydrogens (tertiary/aromatic N) is 4. The van der Waals surface area contributed by atoms with Crippen molar-refractivity contribution in [1.82, 2.24) is 0 Å². The van der Waals surface area contributed by atoms with Crippen LogP contribution in [0.3, 0.4) is 0 Å². The summed E-state index contributed by atoms with van der Waals surface area (Å²) in [4.78, 5) is 0. The lowest BCUT2D eigenvalue weighted by Crippen LogP contribution is -1.99. The molecule has 47 heavy (non-hydrogen) atoms. The third-order valence-corrected chi connectivity index (χ3v) is 8.07. The SMILES string of the molecule is CCCCCCc1ccc(N=Nc2ccc(OCCCCCCOc3ccc(N=Nc4ccc(CCCCC)cc4)cc3)cc2)cc1. The van der Waals surface area contributed by atoms with Crippen LogP contribution in [0.2, 0.25) is 0 Å². The van der Waals surface area contributed by atoms with Crippen molar-refractivity contribution in [3.05, 3.63) is 108 Å². The monoisotopic (exact) mass is 632 g/mol. The second kappa shape index (κ2) is 21.5. The van der Waals surface area contributed by atoms with E-state index < -0.39 is 0 Å². The molecular weight excluding hydrogens is 580 g/mol. The first kappa shape index (κ1) is 35.5. The molecule has 0 fully saturated rings. The second-order valence-corrected chi connectivity index (χ2v) is 12.1. The van der Waals surface area contributed by atoms with E-state index in [0.29, 0.717) is 13.2 Å². The van der Waals surface area contributed by atoms with Gasteiger partial charge in [0.15, 0.2) is 0 Å². The molecule has 0 saturated heterocycles. The van der Waals surface area contributed by atoms with E-state index in [9.17, 15) is 0 Å². The standard InChI is InChI=1S/C41H52N4O2/c1-3-5-7-11-15-35-18-22-37(23-19-35)43-45-39-26-30-41(31-27-39)47-33-13-9-8-12-32-46-40-28-24-38(25-29-40)44-42-36-20-16-34(17-21-36)14-10-6-4-2/h16-31H,3-15,32-33H2,1-2H3. The third-order valence-electron chi connectivity index (χ3n) is 8.07. The number of azo groups is 2. The third kappa shape index (κ3) is 14.3. The topological polar surface area (TPSA) is 67.9 Å². The van der Waals surface area contributed by atoms with Gasteiger partial charge in [0.2, 0.25) is 0 Å². The van der Waals surface area contributed by atoms with Gasteiger partial charge in [-0.25, -0.2) is 0 Å². The molecule has 0 radical (unpaired) electrons. The Kier molecular flexibility index (Phi) is 16.2. The van der Waals surface area contributed by atoms with E-state index >= 15 is 0 Å². The van der Waals surface area contributed by atoms with Gasteiger partial charge in [-0.15, -0.1) is 0 Å². The molecule has 0 bridgehead atoms. The van der Waals surface area contributed by atoms with Gasteiger partial charge in [-0.1, -0.05) is 70.2 Å². The summed E-state index contributed by atoms with van der Waals surface area (Å²) >= 11 is 0. The van der Waals surface area contributed by atoms with Crippen LogP contribution >= 0.6 is 0 Å². The Morgan fingerprint density at radius 2 is 0.681 bits per heavy atom. The minimum atomic E-state index is 0.700. The number of rotatable bonds is 22. The molecule has 0 atom stereocenters. The Balaban J connectivity index is 1.04. The van der Waals surface area contributed by atoms with Gasteiger partial charge in [0.1, 0.15) is 11.5 Å². The summed E-state index contributed by atoms with van der Waals surface area (Å²) in [6, 6.07) is 32.4. The molecule has 6 heteroatoms. The van der Waals surface area contributed by atoms with Gasteiger partial charge in [0.05, 0.1) is 36.0 Å². The molecule has 0 N–H and O–H groups in total. The molecule has 0 heterocycles. The Morgan fingerprint density at radius 1 is 0.362 bits per heavy atom. The summed E-state index contributed by atoms with van der Waals surface area (Å²) in [7, 11) is 0. The number of ether oxygens (including phenoxy) is 2. The minimum Gasteiger partial charge on any atom is -0.494 e. The molecule has 0 aliphatic rings. The smallest absolute Gasteiger partial charge is 0.119 e. The van der Waals surface area contributed by atoms with Crippen LogP contribution in [0.5, 0.6) is 11.5 Å². The molecule has 0 aromatic heterocycles. The first-order chi connectivity index (χ1) is 23.2. The van der Waals surface area contributed by atoms with Crippen LogP contribution in [0.15, 0.2) is 118 Å². The predicted molar refractivity (Wildman–Crippen MR) is 195 cm³/mol. The van der Waals surface area contributed by atoms with E-state index in [0.717, 1.165) is 72.8 Å². The Bertz CT molecular complexity index is 1450. The molecule has 0 unspecified atom stereocenters. The van der Waals surface area contributed by atoms with Crippen LogP contribution in [-0.2, 0) is 12.8 Å². The quantitative estimate of drug-likeness (QED) is 0.0639. The summed E-state index contributed by atoms with van der Waals surface area (Å²) in [5.41, 5.74) is 6.11. The fraction of sp³-hybridized carbons (Fsp3) is 0.415. The lowest BCUT2D eigenvalue weighted by atomic mass is 10.1. The normalized spacial score (nSPS) is 11.4. The first-order valence-corrected chi connectivity index (χ1v) is 17.7. The minimum absolute atomic E-state index is 0.700. The van der Waals surface area contributed by atoms with Crippen molar-refractivity contribution in [3.8, 4) is 11.5 Å². The maximum atomic E-state index is 5.92. The number of hydrogen-bond acceptors (Lipinski definition) is 6. The van der Waals surface area contributed by atoms with Crippen LogP contribution in [0.1, 0.15) is 95.6 Å². The average molecular weight is 633 g/mol. The van der Waals surface area contributed by atoms with Crippen molar-refractivity contribution in [2.24, 2.45) is 20.5 Å². The van der Waals surface area contributed by atoms with Crippen LogP contribution in [-0.4, -0.2) is 13.2 Å². The molecule has 4 aromatic carbocycles. The van der Waals surface area contributed by atoms with Crippen molar-refractivity contribution in [2.45, 2.75) is 97.3 Å². The van der Waals surface area contributed by atoms with E-state index in [-0.39, 0.29) is 0 Å². The molecule has 0 saturated carbocycles. The van der Waals surface area contributed by atoms with Crippen LogP contribution in [0, 0.1) is 0 Å². The van der Waals surface area contributed by atoms with Gasteiger partial charge >= 0.3 is 0 Å². The van der Waals surface area contributed by atoms with Crippen LogP contribution in [0.4, 0.5) is 22.7 Å². The number of benzene rings is 4. The molecular formula is C41H52N4O2. The van der Waals surface area contributed by atoms with Crippen molar-refractivity contribution >= 4 is 22.7 Å². The van der Waals surface area contributed by atoms with Crippen LogP contribution < -0.4 is 9.47 Å². The fourth-order valence-corrected chi connectivity index (χ4v) is 5.18. The zero-order chi connectivity index (χ0) is 32.8. The molecule has 0 spiro atoms. The highest BCUT2D eigenvalue weighted by Gasteiger charge is 2.00. The Hall–Kier alpha value is -4.32. The molecule has 248 valence electrons. The lowest BCUT2D eigenvalue weighted by Gasteiger charge is -2.07. The van der Waals surface area contributed by atoms with Gasteiger partial charge in [0, 0.05) is 0 Å². The van der Waals surface area contributed by atoms with E-state index in [2.05, 4.69) is 58.6 Å². The maximum absolute atomic E-state index is 5.92. The summed E-state index contributed by atoms with van der Waals surface area (Å²) in [6.45, 7) is 5.88. The molecule has 0 aliphatic carbocycles. The van der Waals surface area contributed by atoms with Crippen molar-refractivity contribution in [1.29, 1.82) is 0 Å². The van der Waals surface area contributed by atoms with E-state index in [1.165, 1.54) is 56.1 Å². The molecule has 4 aromatic rings. The molecule has 4 rings (SSSR count). The molecule has 0 amide bonds. The summed E-state index contributed by atoms with van der Waals surface area (Å²) in [5.74, 6) is 1.72. The van der Waals surface area contributed by atoms with Gasteiger partial charge in [-0.05, 0) is 135 Å². The Morgan fingerprint density at radius 3 is 1.06 bits per heavy atom. The molecule has 0 aliphatic heterocycles. The maximum Gasteiger partial charge on any atom is 0.119 e. The van der Waals surface area contributed by atoms with Gasteiger partial charge < -0.3 is 9.47 Å². The first-order valence-electron chi connectivity index (χ1n) is 17.7. The highest BCUT2D eigenvalue weighted by atomic mass is 16.5. The Labute approximate surface area is 282 Å². The zero-order valence-corrected chi connectivity index (χ0v) is 28.4. The number of hydrogen-bond donors (Lipinski definition) is 0. The summed E-state index contributed by atoms with van der Waals surface area (Å²) in [5, 5.41) is 17.5. The number of unbranched alkanes of at least 4 members (excludes halogenated alkanes) is 8. The molecule has 6 nitrogen and oxygen atoms in total. The fourth-order valence-electron chi connectivity index (χ4n) is 5.18. The zero-order valence-electron chi connectivity index (χ0n) is 28.4. The van der Waals surface area contributed by atoms with Gasteiger partial charge in [-0.2, -0.15) is 20.5 Å². The van der Waals surface area contributed by atoms with Crippen molar-refractivity contribution in [2.75, 3.05) is 13.2 Å². The summed E-state index contributed by atoms with van der Waals surface area (Å²) in [6.07, 6.45) is 15.4. The van der Waals surface area contributed by atoms with Crippen molar-refractivity contribution < 1.29 is 9.47 Å². The van der Waals surface area contributed by atoms with E-state index in [4.69, 9.17) is 9.47 Å². The lowest BCUT2D eigenvalue weighted by molar-refractivity contribution is 0.287. The van der Waals surface area contributed by atoms with Crippen LogP contribution in [0.25, 0.3) is 0 Å². The summed E-state index contributed by atoms with van der Waals surface area (Å²) < 4.78 is 11.8. The second-order valence-electron chi connectivity index (χ2n) is 12.1. The predicted octanol–water partition coefficient (Wildman–Crippen LogP) is 13.4. The highest BCUT2D eigenvalue weighted by molar-refractivity contribution is 5.44. The van der Waals surface area contributed by atoms with Gasteiger partial charge in [-0.3, -0.25) is 0 Å². The van der Waals surface area contributed by atoms with E-state index in [1.54, 1.807) is 0 Å².